The Morgan fingerprint density at radius 3 is 2.92 bits per heavy atom. The average molecular weight is 183 g/mol. The Kier molecular flexibility index (Phi) is 3.52. The maximum atomic E-state index is 11.0. The van der Waals surface area contributed by atoms with Gasteiger partial charge in [-0.2, -0.15) is 0 Å². The molecule has 72 valence electrons. The van der Waals surface area contributed by atoms with E-state index in [0.29, 0.717) is 13.1 Å². The lowest BCUT2D eigenvalue weighted by Gasteiger charge is -2.17. The second-order valence-corrected chi connectivity index (χ2v) is 2.74. The van der Waals surface area contributed by atoms with Crippen LogP contribution in [-0.2, 0) is 11.3 Å². The number of furan rings is 1. The minimum atomic E-state index is -0.0644. The molecule has 1 N–H and O–H groups in total. The van der Waals surface area contributed by atoms with Crippen LogP contribution < -0.4 is 0 Å². The van der Waals surface area contributed by atoms with Crippen LogP contribution >= 0.6 is 0 Å². The smallest absolute Gasteiger partial charge is 0.219 e. The van der Waals surface area contributed by atoms with Crippen molar-refractivity contribution in [2.75, 3.05) is 13.2 Å². The molecule has 0 aromatic carbocycles. The molecule has 13 heavy (non-hydrogen) atoms. The van der Waals surface area contributed by atoms with Gasteiger partial charge in [-0.15, -0.1) is 0 Å². The highest BCUT2D eigenvalue weighted by Crippen LogP contribution is 2.04. The molecule has 0 aliphatic rings. The average Bonchev–Trinajstić information content (AvgIpc) is 2.56. The van der Waals surface area contributed by atoms with Crippen LogP contribution in [0.3, 0.4) is 0 Å². The van der Waals surface area contributed by atoms with Gasteiger partial charge in [0.1, 0.15) is 5.76 Å². The summed E-state index contributed by atoms with van der Waals surface area (Å²) in [4.78, 5) is 12.6. The number of amides is 1. The van der Waals surface area contributed by atoms with Gasteiger partial charge in [0.2, 0.25) is 5.91 Å². The Hall–Kier alpha value is -1.29. The summed E-state index contributed by atoms with van der Waals surface area (Å²) in [7, 11) is 0. The Morgan fingerprint density at radius 2 is 2.46 bits per heavy atom. The van der Waals surface area contributed by atoms with Gasteiger partial charge in [0.15, 0.2) is 0 Å². The van der Waals surface area contributed by atoms with Crippen LogP contribution in [0.5, 0.6) is 0 Å². The van der Waals surface area contributed by atoms with Gasteiger partial charge in [0.05, 0.1) is 19.4 Å². The van der Waals surface area contributed by atoms with E-state index in [1.54, 1.807) is 18.4 Å². The molecule has 0 atom stereocenters. The van der Waals surface area contributed by atoms with Crippen molar-refractivity contribution in [3.8, 4) is 0 Å². The standard InChI is InChI=1S/C9H13NO3/c1-8(12)10(4-5-11)7-9-3-2-6-13-9/h2-3,6,11H,4-5,7H2,1H3. The van der Waals surface area contributed by atoms with Crippen molar-refractivity contribution in [2.24, 2.45) is 0 Å². The minimum absolute atomic E-state index is 0.0275. The summed E-state index contributed by atoms with van der Waals surface area (Å²) in [6, 6.07) is 3.57. The molecule has 0 saturated heterocycles. The van der Waals surface area contributed by atoms with E-state index >= 15 is 0 Å². The van der Waals surface area contributed by atoms with E-state index in [4.69, 9.17) is 9.52 Å². The van der Waals surface area contributed by atoms with E-state index in [1.807, 2.05) is 0 Å². The summed E-state index contributed by atoms with van der Waals surface area (Å²) in [6.45, 7) is 2.21. The number of hydrogen-bond donors (Lipinski definition) is 1. The van der Waals surface area contributed by atoms with Crippen LogP contribution in [0.2, 0.25) is 0 Å². The predicted molar refractivity (Wildman–Crippen MR) is 46.9 cm³/mol. The van der Waals surface area contributed by atoms with E-state index in [2.05, 4.69) is 0 Å². The molecule has 1 rings (SSSR count). The molecule has 0 aliphatic carbocycles. The van der Waals surface area contributed by atoms with Gasteiger partial charge in [-0.25, -0.2) is 0 Å². The van der Waals surface area contributed by atoms with E-state index < -0.39 is 0 Å². The van der Waals surface area contributed by atoms with Gasteiger partial charge in [-0.1, -0.05) is 0 Å². The molecule has 4 heteroatoms. The van der Waals surface area contributed by atoms with Gasteiger partial charge < -0.3 is 14.4 Å². The molecule has 0 unspecified atom stereocenters. The molecular formula is C9H13NO3. The van der Waals surface area contributed by atoms with E-state index in [1.165, 1.54) is 11.8 Å². The van der Waals surface area contributed by atoms with Crippen molar-refractivity contribution in [3.63, 3.8) is 0 Å². The zero-order valence-corrected chi connectivity index (χ0v) is 7.56. The molecule has 0 bridgehead atoms. The third-order valence-corrected chi connectivity index (χ3v) is 1.74. The lowest BCUT2D eigenvalue weighted by Crippen LogP contribution is -2.30. The fourth-order valence-electron chi connectivity index (χ4n) is 1.06. The van der Waals surface area contributed by atoms with Crippen molar-refractivity contribution >= 4 is 5.91 Å². The molecule has 1 heterocycles. The topological polar surface area (TPSA) is 53.7 Å². The van der Waals surface area contributed by atoms with Crippen LogP contribution in [0.1, 0.15) is 12.7 Å². The fraction of sp³-hybridized carbons (Fsp3) is 0.444. The number of aliphatic hydroxyl groups excluding tert-OH is 1. The predicted octanol–water partition coefficient (Wildman–Crippen LogP) is 0.620. The molecule has 1 aromatic heterocycles. The van der Waals surface area contributed by atoms with Crippen LogP contribution in [0.4, 0.5) is 0 Å². The number of carbonyl (C=O) groups is 1. The number of carbonyl (C=O) groups excluding carboxylic acids is 1. The maximum absolute atomic E-state index is 11.0. The summed E-state index contributed by atoms with van der Waals surface area (Å²) in [5.41, 5.74) is 0. The Bertz CT molecular complexity index is 256. The van der Waals surface area contributed by atoms with Crippen molar-refractivity contribution < 1.29 is 14.3 Å². The summed E-state index contributed by atoms with van der Waals surface area (Å²) >= 11 is 0. The molecule has 0 radical (unpaired) electrons. The van der Waals surface area contributed by atoms with Crippen molar-refractivity contribution in [3.05, 3.63) is 24.2 Å². The maximum Gasteiger partial charge on any atom is 0.219 e. The third kappa shape index (κ3) is 2.91. The van der Waals surface area contributed by atoms with Crippen LogP contribution in [0.15, 0.2) is 22.8 Å². The Labute approximate surface area is 76.8 Å². The molecule has 4 nitrogen and oxygen atoms in total. The number of nitrogens with zero attached hydrogens (tertiary/aromatic N) is 1. The zero-order chi connectivity index (χ0) is 9.68. The van der Waals surface area contributed by atoms with Gasteiger partial charge in [-0.05, 0) is 12.1 Å². The quantitative estimate of drug-likeness (QED) is 0.744. The Morgan fingerprint density at radius 1 is 1.69 bits per heavy atom. The largest absolute Gasteiger partial charge is 0.467 e. The van der Waals surface area contributed by atoms with E-state index in [-0.39, 0.29) is 12.5 Å². The number of aliphatic hydroxyl groups is 1. The summed E-state index contributed by atoms with van der Waals surface area (Å²) < 4.78 is 5.08. The molecule has 0 saturated carbocycles. The van der Waals surface area contributed by atoms with Gasteiger partial charge in [-0.3, -0.25) is 4.79 Å². The minimum Gasteiger partial charge on any atom is -0.467 e. The Balaban J connectivity index is 2.52. The monoisotopic (exact) mass is 183 g/mol. The molecule has 0 spiro atoms. The van der Waals surface area contributed by atoms with Crippen molar-refractivity contribution in [1.82, 2.24) is 4.90 Å². The van der Waals surface area contributed by atoms with Crippen LogP contribution in [0, 0.1) is 0 Å². The molecule has 1 amide bonds. The SMILES string of the molecule is CC(=O)N(CCO)Cc1ccco1. The van der Waals surface area contributed by atoms with E-state index in [9.17, 15) is 4.79 Å². The first-order chi connectivity index (χ1) is 6.24. The third-order valence-electron chi connectivity index (χ3n) is 1.74. The number of rotatable bonds is 4. The molecule has 0 fully saturated rings. The lowest BCUT2D eigenvalue weighted by molar-refractivity contribution is -0.130. The van der Waals surface area contributed by atoms with Crippen molar-refractivity contribution in [1.29, 1.82) is 0 Å². The van der Waals surface area contributed by atoms with Gasteiger partial charge in [0, 0.05) is 13.5 Å². The first-order valence-electron chi connectivity index (χ1n) is 4.13. The molecule has 1 aromatic rings. The highest BCUT2D eigenvalue weighted by atomic mass is 16.3. The summed E-state index contributed by atoms with van der Waals surface area (Å²) in [5.74, 6) is 0.661. The molecular weight excluding hydrogens is 170 g/mol. The summed E-state index contributed by atoms with van der Waals surface area (Å²) in [5, 5.41) is 8.69. The highest BCUT2D eigenvalue weighted by Gasteiger charge is 2.09. The second-order valence-electron chi connectivity index (χ2n) is 2.74. The molecule has 0 aliphatic heterocycles. The fourth-order valence-corrected chi connectivity index (χ4v) is 1.06. The van der Waals surface area contributed by atoms with Crippen molar-refractivity contribution in [2.45, 2.75) is 13.5 Å². The normalized spacial score (nSPS) is 10.0. The van der Waals surface area contributed by atoms with Gasteiger partial charge in [0.25, 0.3) is 0 Å². The van der Waals surface area contributed by atoms with Crippen LogP contribution in [0.25, 0.3) is 0 Å². The summed E-state index contributed by atoms with van der Waals surface area (Å²) in [6.07, 6.45) is 1.56. The van der Waals surface area contributed by atoms with E-state index in [0.717, 1.165) is 5.76 Å². The first kappa shape index (κ1) is 9.80. The second kappa shape index (κ2) is 4.67. The van der Waals surface area contributed by atoms with Crippen LogP contribution in [-0.4, -0.2) is 29.1 Å². The first-order valence-corrected chi connectivity index (χ1v) is 4.13. The van der Waals surface area contributed by atoms with Gasteiger partial charge >= 0.3 is 0 Å². The number of hydrogen-bond acceptors (Lipinski definition) is 3. The lowest BCUT2D eigenvalue weighted by atomic mass is 10.4. The highest BCUT2D eigenvalue weighted by molar-refractivity contribution is 5.73. The zero-order valence-electron chi connectivity index (χ0n) is 7.56.